The maximum Gasteiger partial charge on any atom is 0.343 e. The molecule has 18 heavy (non-hydrogen) atoms. The number of esters is 1. The van der Waals surface area contributed by atoms with E-state index in [1.807, 2.05) is 12.1 Å². The van der Waals surface area contributed by atoms with Gasteiger partial charge in [0.05, 0.1) is 7.11 Å². The second-order valence-electron chi connectivity index (χ2n) is 3.42. The average Bonchev–Trinajstić information content (AvgIpc) is 2.41. The fraction of sp³-hybridized carbons (Fsp3) is 0.0769. The average molecular weight is 308 g/mol. The van der Waals surface area contributed by atoms with Gasteiger partial charge in [0, 0.05) is 22.9 Å². The van der Waals surface area contributed by atoms with Crippen molar-refractivity contribution in [3.63, 3.8) is 0 Å². The number of carbonyl (C=O) groups excluding carboxylic acids is 1. The summed E-state index contributed by atoms with van der Waals surface area (Å²) in [5, 5.41) is 0. The van der Waals surface area contributed by atoms with E-state index in [4.69, 9.17) is 4.74 Å². The fourth-order valence-electron chi connectivity index (χ4n) is 1.36. The number of hydrogen-bond acceptors (Lipinski definition) is 4. The molecule has 0 fully saturated rings. The summed E-state index contributed by atoms with van der Waals surface area (Å²) >= 11 is 3.34. The van der Waals surface area contributed by atoms with Crippen molar-refractivity contribution in [2.24, 2.45) is 0 Å². The van der Waals surface area contributed by atoms with Gasteiger partial charge in [-0.05, 0) is 24.3 Å². The molecule has 0 aliphatic rings. The second-order valence-corrected chi connectivity index (χ2v) is 4.34. The molecule has 1 aromatic carbocycles. The van der Waals surface area contributed by atoms with Crippen molar-refractivity contribution in [1.29, 1.82) is 0 Å². The Morgan fingerprint density at radius 3 is 2.61 bits per heavy atom. The van der Waals surface area contributed by atoms with Crippen molar-refractivity contribution >= 4 is 21.9 Å². The third-order valence-corrected chi connectivity index (χ3v) is 2.76. The first kappa shape index (κ1) is 12.6. The highest BCUT2D eigenvalue weighted by atomic mass is 79.9. The first-order valence-corrected chi connectivity index (χ1v) is 5.96. The van der Waals surface area contributed by atoms with E-state index in [0.29, 0.717) is 17.1 Å². The molecular formula is C13H10BrNO3. The molecule has 0 saturated carbocycles. The van der Waals surface area contributed by atoms with Gasteiger partial charge in [-0.1, -0.05) is 15.9 Å². The minimum atomic E-state index is -0.477. The molecule has 92 valence electrons. The lowest BCUT2D eigenvalue weighted by atomic mass is 10.2. The van der Waals surface area contributed by atoms with Crippen molar-refractivity contribution in [3.05, 3.63) is 52.8 Å². The minimum Gasteiger partial charge on any atom is -0.465 e. The van der Waals surface area contributed by atoms with Crippen LogP contribution in [0.3, 0.4) is 0 Å². The number of carbonyl (C=O) groups is 1. The van der Waals surface area contributed by atoms with Gasteiger partial charge in [-0.15, -0.1) is 0 Å². The Bertz CT molecular complexity index is 554. The molecule has 0 N–H and O–H groups in total. The van der Waals surface area contributed by atoms with Crippen LogP contribution in [0.25, 0.3) is 0 Å². The molecule has 0 aliphatic carbocycles. The lowest BCUT2D eigenvalue weighted by Crippen LogP contribution is -2.04. The summed E-state index contributed by atoms with van der Waals surface area (Å²) in [5.74, 6) is 0.573. The summed E-state index contributed by atoms with van der Waals surface area (Å²) in [4.78, 5) is 15.4. The first-order chi connectivity index (χ1) is 8.70. The van der Waals surface area contributed by atoms with Crippen LogP contribution in [0.15, 0.2) is 47.2 Å². The third kappa shape index (κ3) is 2.87. The third-order valence-electron chi connectivity index (χ3n) is 2.23. The summed E-state index contributed by atoms with van der Waals surface area (Å²) in [7, 11) is 1.32. The predicted octanol–water partition coefficient (Wildman–Crippen LogP) is 3.42. The molecule has 2 rings (SSSR count). The van der Waals surface area contributed by atoms with Crippen molar-refractivity contribution in [2.75, 3.05) is 7.11 Å². The van der Waals surface area contributed by atoms with Gasteiger partial charge in [-0.25, -0.2) is 4.79 Å². The molecule has 5 heteroatoms. The van der Waals surface area contributed by atoms with Crippen molar-refractivity contribution in [1.82, 2.24) is 4.98 Å². The zero-order valence-corrected chi connectivity index (χ0v) is 11.2. The lowest BCUT2D eigenvalue weighted by molar-refractivity contribution is 0.0597. The Hall–Kier alpha value is -1.88. The van der Waals surface area contributed by atoms with Crippen LogP contribution < -0.4 is 4.74 Å². The SMILES string of the molecule is COC(=O)c1cnccc1Oc1ccc(Br)cc1. The van der Waals surface area contributed by atoms with Crippen LogP contribution in [0.5, 0.6) is 11.5 Å². The minimum absolute atomic E-state index is 0.294. The highest BCUT2D eigenvalue weighted by Gasteiger charge is 2.13. The highest BCUT2D eigenvalue weighted by Crippen LogP contribution is 2.26. The topological polar surface area (TPSA) is 48.4 Å². The predicted molar refractivity (Wildman–Crippen MR) is 69.8 cm³/mol. The Labute approximate surface area is 113 Å². The van der Waals surface area contributed by atoms with Crippen LogP contribution in [0.2, 0.25) is 0 Å². The number of halogens is 1. The zero-order valence-electron chi connectivity index (χ0n) is 9.59. The van der Waals surface area contributed by atoms with Crippen LogP contribution >= 0.6 is 15.9 Å². The Morgan fingerprint density at radius 2 is 1.94 bits per heavy atom. The summed E-state index contributed by atoms with van der Waals surface area (Å²) < 4.78 is 11.2. The van der Waals surface area contributed by atoms with E-state index >= 15 is 0 Å². The van der Waals surface area contributed by atoms with Crippen LogP contribution in [-0.4, -0.2) is 18.1 Å². The van der Waals surface area contributed by atoms with E-state index in [-0.39, 0.29) is 0 Å². The standard InChI is InChI=1S/C13H10BrNO3/c1-17-13(16)11-8-15-7-6-12(11)18-10-4-2-9(14)3-5-10/h2-8H,1H3. The summed E-state index contributed by atoms with van der Waals surface area (Å²) in [6.45, 7) is 0. The van der Waals surface area contributed by atoms with Crippen LogP contribution in [0, 0.1) is 0 Å². The summed E-state index contributed by atoms with van der Waals surface area (Å²) in [6, 6.07) is 8.92. The van der Waals surface area contributed by atoms with Gasteiger partial charge in [0.15, 0.2) is 0 Å². The molecule has 0 spiro atoms. The van der Waals surface area contributed by atoms with E-state index < -0.39 is 5.97 Å². The molecule has 0 saturated heterocycles. The second kappa shape index (κ2) is 5.64. The Morgan fingerprint density at radius 1 is 1.22 bits per heavy atom. The van der Waals surface area contributed by atoms with Gasteiger partial charge in [0.1, 0.15) is 17.1 Å². The first-order valence-electron chi connectivity index (χ1n) is 5.16. The summed E-state index contributed by atoms with van der Waals surface area (Å²) in [6.07, 6.45) is 2.97. The van der Waals surface area contributed by atoms with Gasteiger partial charge >= 0.3 is 5.97 Å². The number of aromatic nitrogens is 1. The smallest absolute Gasteiger partial charge is 0.343 e. The molecule has 0 amide bonds. The molecule has 1 aromatic heterocycles. The highest BCUT2D eigenvalue weighted by molar-refractivity contribution is 9.10. The molecule has 1 heterocycles. The number of ether oxygens (including phenoxy) is 2. The van der Waals surface area contributed by atoms with Gasteiger partial charge in [-0.2, -0.15) is 0 Å². The molecule has 0 radical (unpaired) electrons. The molecule has 2 aromatic rings. The number of pyridine rings is 1. The lowest BCUT2D eigenvalue weighted by Gasteiger charge is -2.09. The zero-order chi connectivity index (χ0) is 13.0. The Kier molecular flexibility index (Phi) is 3.94. The van der Waals surface area contributed by atoms with E-state index in [0.717, 1.165) is 4.47 Å². The van der Waals surface area contributed by atoms with E-state index in [1.165, 1.54) is 13.3 Å². The number of methoxy groups -OCH3 is 1. The number of nitrogens with zero attached hydrogens (tertiary/aromatic N) is 1. The van der Waals surface area contributed by atoms with Crippen LogP contribution in [0.4, 0.5) is 0 Å². The van der Waals surface area contributed by atoms with Crippen LogP contribution in [0.1, 0.15) is 10.4 Å². The molecule has 0 unspecified atom stereocenters. The van der Waals surface area contributed by atoms with Gasteiger partial charge < -0.3 is 9.47 Å². The van der Waals surface area contributed by atoms with Crippen LogP contribution in [-0.2, 0) is 4.74 Å². The largest absolute Gasteiger partial charge is 0.465 e. The van der Waals surface area contributed by atoms with Crippen molar-refractivity contribution in [2.45, 2.75) is 0 Å². The molecule has 0 atom stereocenters. The van der Waals surface area contributed by atoms with E-state index in [2.05, 4.69) is 25.7 Å². The van der Waals surface area contributed by atoms with Gasteiger partial charge in [0.25, 0.3) is 0 Å². The molecule has 0 bridgehead atoms. The number of hydrogen-bond donors (Lipinski definition) is 0. The summed E-state index contributed by atoms with van der Waals surface area (Å²) in [5.41, 5.74) is 0.294. The van der Waals surface area contributed by atoms with E-state index in [1.54, 1.807) is 24.4 Å². The van der Waals surface area contributed by atoms with Gasteiger partial charge in [-0.3, -0.25) is 4.98 Å². The quantitative estimate of drug-likeness (QED) is 0.815. The Balaban J connectivity index is 2.28. The van der Waals surface area contributed by atoms with Crippen molar-refractivity contribution < 1.29 is 14.3 Å². The maximum atomic E-state index is 11.5. The number of benzene rings is 1. The molecule has 4 nitrogen and oxygen atoms in total. The molecule has 0 aliphatic heterocycles. The number of rotatable bonds is 3. The monoisotopic (exact) mass is 307 g/mol. The molecular weight excluding hydrogens is 298 g/mol. The van der Waals surface area contributed by atoms with Crippen molar-refractivity contribution in [3.8, 4) is 11.5 Å². The fourth-order valence-corrected chi connectivity index (χ4v) is 1.63. The maximum absolute atomic E-state index is 11.5. The van der Waals surface area contributed by atoms with E-state index in [9.17, 15) is 4.79 Å². The normalized spacial score (nSPS) is 9.89. The van der Waals surface area contributed by atoms with Gasteiger partial charge in [0.2, 0.25) is 0 Å².